The van der Waals surface area contributed by atoms with Crippen molar-refractivity contribution < 1.29 is 0 Å². The molecule has 0 amide bonds. The van der Waals surface area contributed by atoms with Gasteiger partial charge in [0.25, 0.3) is 0 Å². The van der Waals surface area contributed by atoms with Gasteiger partial charge in [-0.15, -0.1) is 13.2 Å². The highest BCUT2D eigenvalue weighted by molar-refractivity contribution is 5.56. The van der Waals surface area contributed by atoms with E-state index in [4.69, 9.17) is 0 Å². The third kappa shape index (κ3) is 6.36. The van der Waals surface area contributed by atoms with Gasteiger partial charge in [0, 0.05) is 23.5 Å². The Kier molecular flexibility index (Phi) is 11.0. The lowest BCUT2D eigenvalue weighted by Crippen LogP contribution is -2.06. The number of hydrogen-bond acceptors (Lipinski definition) is 1. The highest BCUT2D eigenvalue weighted by Crippen LogP contribution is 2.05. The summed E-state index contributed by atoms with van der Waals surface area (Å²) in [4.78, 5) is 14.4. The summed E-state index contributed by atoms with van der Waals surface area (Å²) in [6, 6.07) is 1.52. The molecule has 2 heteroatoms. The average molecular weight is 233 g/mol. The fraction of sp³-hybridized carbons (Fsp3) is 0.267. The number of aromatic nitrogens is 1. The summed E-state index contributed by atoms with van der Waals surface area (Å²) in [5.74, 6) is 0. The van der Waals surface area contributed by atoms with Crippen LogP contribution >= 0.6 is 0 Å². The Morgan fingerprint density at radius 3 is 2.29 bits per heavy atom. The van der Waals surface area contributed by atoms with Crippen molar-refractivity contribution in [3.05, 3.63) is 65.1 Å². The van der Waals surface area contributed by atoms with Crippen LogP contribution in [0.15, 0.2) is 48.4 Å². The minimum Gasteiger partial charge on any atom is -0.364 e. The monoisotopic (exact) mass is 233 g/mol. The van der Waals surface area contributed by atoms with Gasteiger partial charge in [-0.05, 0) is 19.9 Å². The fourth-order valence-corrected chi connectivity index (χ4v) is 1.06. The normalized spacial score (nSPS) is 9.29. The van der Waals surface area contributed by atoms with E-state index in [1.165, 1.54) is 6.07 Å². The molecule has 0 unspecified atom stereocenters. The summed E-state index contributed by atoms with van der Waals surface area (Å²) < 4.78 is 0. The Labute approximate surface area is 104 Å². The van der Waals surface area contributed by atoms with Gasteiger partial charge in [0.05, 0.1) is 0 Å². The maximum absolute atomic E-state index is 11.4. The van der Waals surface area contributed by atoms with Crippen molar-refractivity contribution in [2.45, 2.75) is 27.7 Å². The van der Waals surface area contributed by atoms with E-state index in [2.05, 4.69) is 24.7 Å². The number of aryl methyl sites for hydroxylation is 1. The molecule has 1 N–H and O–H groups in total. The summed E-state index contributed by atoms with van der Waals surface area (Å²) in [6.07, 6.45) is 5.21. The SMILES string of the molecule is C=C.C=C/C(C)=C/c1c(C)[nH]ccc1=O.CC. The molecular weight excluding hydrogens is 210 g/mol. The van der Waals surface area contributed by atoms with Crippen LogP contribution in [0, 0.1) is 6.92 Å². The Morgan fingerprint density at radius 1 is 1.35 bits per heavy atom. The quantitative estimate of drug-likeness (QED) is 0.605. The maximum atomic E-state index is 11.4. The van der Waals surface area contributed by atoms with Crippen molar-refractivity contribution >= 4 is 6.08 Å². The lowest BCUT2D eigenvalue weighted by Gasteiger charge is -1.99. The molecule has 0 atom stereocenters. The van der Waals surface area contributed by atoms with Crippen molar-refractivity contribution in [2.75, 3.05) is 0 Å². The lowest BCUT2D eigenvalue weighted by molar-refractivity contribution is 1.17. The van der Waals surface area contributed by atoms with Crippen LogP contribution in [0.25, 0.3) is 6.08 Å². The topological polar surface area (TPSA) is 32.9 Å². The zero-order chi connectivity index (χ0) is 13.8. The molecule has 94 valence electrons. The van der Waals surface area contributed by atoms with E-state index >= 15 is 0 Å². The average Bonchev–Trinajstić information content (AvgIpc) is 2.38. The Morgan fingerprint density at radius 2 is 1.88 bits per heavy atom. The molecule has 17 heavy (non-hydrogen) atoms. The van der Waals surface area contributed by atoms with Crippen LogP contribution in [0.1, 0.15) is 32.0 Å². The van der Waals surface area contributed by atoms with Gasteiger partial charge < -0.3 is 4.98 Å². The smallest absolute Gasteiger partial charge is 0.189 e. The first-order valence-electron chi connectivity index (χ1n) is 5.64. The molecule has 0 spiro atoms. The molecule has 0 fully saturated rings. The van der Waals surface area contributed by atoms with Gasteiger partial charge in [-0.2, -0.15) is 0 Å². The van der Waals surface area contributed by atoms with E-state index in [0.29, 0.717) is 5.56 Å². The summed E-state index contributed by atoms with van der Waals surface area (Å²) >= 11 is 0. The van der Waals surface area contributed by atoms with Crippen LogP contribution in [-0.4, -0.2) is 4.98 Å². The lowest BCUT2D eigenvalue weighted by atomic mass is 10.1. The molecule has 0 bridgehead atoms. The molecule has 0 aromatic carbocycles. The molecule has 0 aliphatic rings. The van der Waals surface area contributed by atoms with Gasteiger partial charge in [-0.25, -0.2) is 0 Å². The predicted molar refractivity (Wildman–Crippen MR) is 78.2 cm³/mol. The van der Waals surface area contributed by atoms with Crippen molar-refractivity contribution in [3.8, 4) is 0 Å². The van der Waals surface area contributed by atoms with Crippen molar-refractivity contribution in [3.63, 3.8) is 0 Å². The van der Waals surface area contributed by atoms with Crippen LogP contribution in [0.3, 0.4) is 0 Å². The number of rotatable bonds is 2. The maximum Gasteiger partial charge on any atom is 0.189 e. The number of aromatic amines is 1. The van der Waals surface area contributed by atoms with Crippen LogP contribution in [0.5, 0.6) is 0 Å². The highest BCUT2D eigenvalue weighted by Gasteiger charge is 1.98. The molecule has 0 aliphatic carbocycles. The van der Waals surface area contributed by atoms with Gasteiger partial charge in [-0.1, -0.05) is 32.1 Å². The molecule has 0 radical (unpaired) electrons. The summed E-state index contributed by atoms with van der Waals surface area (Å²) in [5.41, 5.74) is 2.62. The van der Waals surface area contributed by atoms with Crippen molar-refractivity contribution in [2.24, 2.45) is 0 Å². The third-order valence-electron chi connectivity index (χ3n) is 1.90. The zero-order valence-corrected chi connectivity index (χ0v) is 11.3. The minimum absolute atomic E-state index is 0.0393. The van der Waals surface area contributed by atoms with E-state index in [0.717, 1.165) is 11.3 Å². The Balaban J connectivity index is 0. The van der Waals surface area contributed by atoms with Crippen LogP contribution in [0.4, 0.5) is 0 Å². The second kappa shape index (κ2) is 10.7. The van der Waals surface area contributed by atoms with Gasteiger partial charge in [0.15, 0.2) is 5.43 Å². The number of hydrogen-bond donors (Lipinski definition) is 1. The second-order valence-electron chi connectivity index (χ2n) is 2.97. The predicted octanol–water partition coefficient (Wildman–Crippen LogP) is 4.10. The molecule has 2 nitrogen and oxygen atoms in total. The summed E-state index contributed by atoms with van der Waals surface area (Å²) in [5, 5.41) is 0. The van der Waals surface area contributed by atoms with Gasteiger partial charge >= 0.3 is 0 Å². The molecule has 1 aromatic rings. The third-order valence-corrected chi connectivity index (χ3v) is 1.90. The van der Waals surface area contributed by atoms with E-state index in [9.17, 15) is 4.79 Å². The van der Waals surface area contributed by atoms with Gasteiger partial charge in [-0.3, -0.25) is 4.79 Å². The first-order chi connectivity index (χ1) is 8.15. The van der Waals surface area contributed by atoms with Gasteiger partial charge in [0.2, 0.25) is 0 Å². The van der Waals surface area contributed by atoms with Gasteiger partial charge in [0.1, 0.15) is 0 Å². The first kappa shape index (κ1) is 17.6. The molecule has 0 saturated carbocycles. The standard InChI is InChI=1S/C11H13NO.C2H6.C2H4/c1-4-8(2)7-10-9(3)12-6-5-11(10)13;2*1-2/h4-7H,1H2,2-3H3,(H,12,13);1-2H3;1-2H2/b8-7+;;. The summed E-state index contributed by atoms with van der Waals surface area (Å²) in [6.45, 7) is 17.4. The number of pyridine rings is 1. The van der Waals surface area contributed by atoms with Crippen LogP contribution < -0.4 is 5.43 Å². The van der Waals surface area contributed by atoms with Crippen molar-refractivity contribution in [1.82, 2.24) is 4.98 Å². The molecule has 1 rings (SSSR count). The largest absolute Gasteiger partial charge is 0.364 e. The molecule has 0 aliphatic heterocycles. The van der Waals surface area contributed by atoms with E-state index in [-0.39, 0.29) is 5.43 Å². The molecular formula is C15H23NO. The molecule has 0 saturated heterocycles. The number of nitrogens with one attached hydrogen (secondary N) is 1. The number of allylic oxidation sites excluding steroid dienone is 2. The molecule has 1 aromatic heterocycles. The van der Waals surface area contributed by atoms with Crippen LogP contribution in [-0.2, 0) is 0 Å². The number of H-pyrrole nitrogens is 1. The minimum atomic E-state index is 0.0393. The first-order valence-corrected chi connectivity index (χ1v) is 5.64. The zero-order valence-electron chi connectivity index (χ0n) is 11.3. The van der Waals surface area contributed by atoms with E-state index in [1.807, 2.05) is 33.8 Å². The van der Waals surface area contributed by atoms with Crippen LogP contribution in [0.2, 0.25) is 0 Å². The van der Waals surface area contributed by atoms with Crippen molar-refractivity contribution in [1.29, 1.82) is 0 Å². The Hall–Kier alpha value is -1.83. The Bertz CT molecular complexity index is 413. The fourth-order valence-electron chi connectivity index (χ4n) is 1.06. The highest BCUT2D eigenvalue weighted by atomic mass is 16.1. The summed E-state index contributed by atoms with van der Waals surface area (Å²) in [7, 11) is 0. The molecule has 1 heterocycles. The second-order valence-corrected chi connectivity index (χ2v) is 2.97. The van der Waals surface area contributed by atoms with E-state index < -0.39 is 0 Å². The van der Waals surface area contributed by atoms with E-state index in [1.54, 1.807) is 12.3 Å².